The van der Waals surface area contributed by atoms with Gasteiger partial charge in [-0.1, -0.05) is 368 Å². The van der Waals surface area contributed by atoms with Gasteiger partial charge in [0.25, 0.3) is 0 Å². The van der Waals surface area contributed by atoms with Crippen molar-refractivity contribution in [3.05, 3.63) is 0 Å². The molecule has 768 valence electrons. The maximum atomic E-state index is 13.3. The van der Waals surface area contributed by atoms with Gasteiger partial charge in [-0.3, -0.25) is 0 Å². The normalized spacial score (nSPS) is 16.8. The van der Waals surface area contributed by atoms with Crippen molar-refractivity contribution in [2.24, 2.45) is 131 Å². The Kier molecular flexibility index (Phi) is 64.4. The van der Waals surface area contributed by atoms with Crippen LogP contribution in [0, 0.1) is 131 Å². The molecule has 0 amide bonds. The van der Waals surface area contributed by atoms with Crippen molar-refractivity contribution in [2.45, 2.75) is 501 Å². The van der Waals surface area contributed by atoms with Crippen LogP contribution in [0.2, 0.25) is 0 Å². The molecule has 0 N–H and O–H groups in total. The van der Waals surface area contributed by atoms with E-state index in [-0.39, 0.29) is 122 Å². The predicted molar refractivity (Wildman–Crippen MR) is 473 cm³/mol. The van der Waals surface area contributed by atoms with E-state index in [0.717, 1.165) is 0 Å². The minimum atomic E-state index is -4.11. The second kappa shape index (κ2) is 57.1. The maximum Gasteiger partial charge on any atom is 0.394 e. The van der Waals surface area contributed by atoms with Crippen LogP contribution in [-0.4, -0.2) is 55.6 Å². The van der Waals surface area contributed by atoms with Crippen molar-refractivity contribution in [1.82, 2.24) is 0 Å². The summed E-state index contributed by atoms with van der Waals surface area (Å²) in [6, 6.07) is 0. The van der Waals surface area contributed by atoms with E-state index in [1.54, 1.807) is 90.0 Å². The van der Waals surface area contributed by atoms with Crippen LogP contribution in [0.25, 0.3) is 0 Å². The smallest absolute Gasteiger partial charge is 0.171 e. The third kappa shape index (κ3) is 38.4. The summed E-state index contributed by atoms with van der Waals surface area (Å²) >= 11 is 0. The van der Waals surface area contributed by atoms with E-state index < -0.39 is 115 Å². The minimum Gasteiger partial charge on any atom is -0.171 e. The van der Waals surface area contributed by atoms with Gasteiger partial charge in [-0.15, -0.1) is 0 Å². The van der Waals surface area contributed by atoms with E-state index in [9.17, 15) is 119 Å². The average Bonchev–Trinajstić information content (AvgIpc) is 0.723. The summed E-state index contributed by atoms with van der Waals surface area (Å²) in [4.78, 5) is 0. The number of halogens is 27. The van der Waals surface area contributed by atoms with Crippen molar-refractivity contribution < 1.29 is 119 Å². The highest BCUT2D eigenvalue weighted by Crippen LogP contribution is 2.61. The lowest BCUT2D eigenvalue weighted by atomic mass is 9.60. The summed E-state index contributed by atoms with van der Waals surface area (Å²) in [5.74, 6) is -2.32. The standard InChI is InChI=1S/C13H25F3.2C12H23F3.3C11H21F3.C10H19F3.2C9H17F3/c1-7-8-12(6,13(14,15)16)11(9(2)3)10(4)5;1-7-11(6,12(13,14)15)10(8(2)3)9(4)5;1-6-9-11(5,12(13,14)15)10(4,7-2)8-3;1-6-9(4,7-2)10(5,8-3)11(12,13)14;1-6-9(7-2)10(5,8(3)4)11(12,13)14;1-5-8-10(4,11(12,13)14)9(6-2)7-3;1-5-8(6-2)9(4,7-3)10(11,12)13;1-6(2)8(5,7(3)4)9(10,11)12;1-4-6-8(3,7-5-2)9(10,11)12/h9-11H,7-8H2,1-6H3;8-10H,7H2,1-6H3;6-9H2,1-5H3;6-8H2,1-5H3;8-9H,6-7H2,1-5H3;9H,5-8H2,1-4H3;8H,5-7H2,1-4H3;6-7H,1-5H3;4-7H2,1-3H3. The Hall–Kier alpha value is -1.89. The highest BCUT2D eigenvalue weighted by molar-refractivity contribution is 4.99. The Labute approximate surface area is 747 Å². The van der Waals surface area contributed by atoms with Gasteiger partial charge < -0.3 is 0 Å². The molecule has 0 aliphatic carbocycles. The molecule has 7 atom stereocenters. The number of hydrogen-bond donors (Lipinski definition) is 0. The van der Waals surface area contributed by atoms with E-state index in [1.807, 2.05) is 145 Å². The summed E-state index contributed by atoms with van der Waals surface area (Å²) in [5, 5.41) is 0. The average molecular weight is 1880 g/mol. The summed E-state index contributed by atoms with van der Waals surface area (Å²) in [7, 11) is 0. The topological polar surface area (TPSA) is 0 Å². The largest absolute Gasteiger partial charge is 0.394 e. The Morgan fingerprint density at radius 1 is 0.176 bits per heavy atom. The molecule has 0 aromatic carbocycles. The molecule has 7 unspecified atom stereocenters. The molecule has 0 aromatic rings. The van der Waals surface area contributed by atoms with Gasteiger partial charge in [-0.25, -0.2) is 0 Å². The lowest BCUT2D eigenvalue weighted by molar-refractivity contribution is -0.261. The fourth-order valence-corrected chi connectivity index (χ4v) is 19.6. The first-order valence-corrected chi connectivity index (χ1v) is 47.0. The monoisotopic (exact) mass is 1880 g/mol. The lowest BCUT2D eigenvalue weighted by Crippen LogP contribution is -2.48. The van der Waals surface area contributed by atoms with Crippen LogP contribution in [0.4, 0.5) is 119 Å². The van der Waals surface area contributed by atoms with E-state index in [2.05, 4.69) is 0 Å². The minimum absolute atomic E-state index is 0.0524. The molecule has 0 fully saturated rings. The van der Waals surface area contributed by atoms with Gasteiger partial charge >= 0.3 is 55.6 Å². The third-order valence-electron chi connectivity index (χ3n) is 31.2. The van der Waals surface area contributed by atoms with Crippen LogP contribution in [0.3, 0.4) is 0 Å². The molecular formula is C98H187F27. The van der Waals surface area contributed by atoms with Crippen LogP contribution in [0.5, 0.6) is 0 Å². The van der Waals surface area contributed by atoms with E-state index >= 15 is 0 Å². The highest BCUT2D eigenvalue weighted by Gasteiger charge is 2.63. The van der Waals surface area contributed by atoms with E-state index in [1.165, 1.54) is 62.3 Å². The van der Waals surface area contributed by atoms with Crippen molar-refractivity contribution in [3.8, 4) is 0 Å². The van der Waals surface area contributed by atoms with Crippen molar-refractivity contribution in [1.29, 1.82) is 0 Å². The zero-order valence-corrected chi connectivity index (χ0v) is 86.4. The number of alkyl halides is 27. The molecule has 27 heteroatoms. The zero-order valence-electron chi connectivity index (χ0n) is 86.4. The molecule has 0 aliphatic rings. The molecule has 0 aromatic heterocycles. The Balaban J connectivity index is -0.000000173. The maximum absolute atomic E-state index is 13.3. The molecule has 0 spiro atoms. The Morgan fingerprint density at radius 2 is 0.392 bits per heavy atom. The first-order valence-electron chi connectivity index (χ1n) is 47.0. The molecule has 0 rings (SSSR count). The number of hydrogen-bond acceptors (Lipinski definition) is 0. The molecule has 0 aliphatic heterocycles. The van der Waals surface area contributed by atoms with Gasteiger partial charge in [0.05, 0.1) is 48.7 Å². The van der Waals surface area contributed by atoms with Gasteiger partial charge in [-0.05, 0) is 159 Å². The fourth-order valence-electron chi connectivity index (χ4n) is 19.6. The summed E-state index contributed by atoms with van der Waals surface area (Å²) in [6.07, 6.45) is -26.4. The van der Waals surface area contributed by atoms with E-state index in [0.29, 0.717) is 96.3 Å². The molecule has 125 heavy (non-hydrogen) atoms. The molecular weight excluding hydrogens is 1690 g/mol. The first kappa shape index (κ1) is 141. The molecule has 0 nitrogen and oxygen atoms in total. The molecule has 0 saturated heterocycles. The zero-order chi connectivity index (χ0) is 103. The van der Waals surface area contributed by atoms with Gasteiger partial charge in [0, 0.05) is 0 Å². The van der Waals surface area contributed by atoms with Crippen LogP contribution in [0.1, 0.15) is 445 Å². The van der Waals surface area contributed by atoms with Gasteiger partial charge in [0.1, 0.15) is 0 Å². The molecule has 0 heterocycles. The van der Waals surface area contributed by atoms with Crippen molar-refractivity contribution >= 4 is 0 Å². The van der Waals surface area contributed by atoms with Crippen LogP contribution >= 0.6 is 0 Å². The SMILES string of the molecule is CC(C)C(C)(C(C)C)C(F)(F)F.CCC(C)(C(C(C)C)C(C)C)C(F)(F)F.CCC(C)(CC)C(C)(CC)C(F)(F)F.CCC(CC)C(C)(C(C)C)C(F)(F)F.CCC(CC)C(C)(CC)C(F)(F)F.CCCC(C)(C(C(C)C)C(C)C)C(F)(F)F.CCCC(C)(C(CC)CC)C(F)(F)F.CCCC(C)(C(F)(F)F)C(C)(CC)CC.CCCC(C)(CCC)C(F)(F)F. The van der Waals surface area contributed by atoms with Gasteiger partial charge in [0.2, 0.25) is 0 Å². The summed E-state index contributed by atoms with van der Waals surface area (Å²) < 4.78 is 349. The van der Waals surface area contributed by atoms with Crippen LogP contribution in [0.15, 0.2) is 0 Å². The third-order valence-corrected chi connectivity index (χ3v) is 31.2. The Morgan fingerprint density at radius 3 is 0.512 bits per heavy atom. The Bertz CT molecular complexity index is 2600. The quantitative estimate of drug-likeness (QED) is 0.0544. The summed E-state index contributed by atoms with van der Waals surface area (Å²) in [5.41, 5.74) is -15.1. The second-order valence-electron chi connectivity index (χ2n) is 40.3. The van der Waals surface area contributed by atoms with Gasteiger partial charge in [0.15, 0.2) is 0 Å². The van der Waals surface area contributed by atoms with Crippen molar-refractivity contribution in [2.75, 3.05) is 0 Å². The second-order valence-corrected chi connectivity index (χ2v) is 40.3. The highest BCUT2D eigenvalue weighted by atomic mass is 19.4. The molecule has 0 bridgehead atoms. The van der Waals surface area contributed by atoms with Gasteiger partial charge in [-0.2, -0.15) is 119 Å². The lowest BCUT2D eigenvalue weighted by Gasteiger charge is -2.47. The van der Waals surface area contributed by atoms with Crippen LogP contribution < -0.4 is 0 Å². The predicted octanol–water partition coefficient (Wildman–Crippen LogP) is 42.0. The fraction of sp³-hybridized carbons (Fsp3) is 1.00. The first-order chi connectivity index (χ1) is 55.4. The van der Waals surface area contributed by atoms with E-state index in [4.69, 9.17) is 0 Å². The molecule has 0 radical (unpaired) electrons. The molecule has 0 saturated carbocycles. The van der Waals surface area contributed by atoms with Crippen molar-refractivity contribution in [3.63, 3.8) is 0 Å². The van der Waals surface area contributed by atoms with Crippen LogP contribution in [-0.2, 0) is 0 Å². The summed E-state index contributed by atoms with van der Waals surface area (Å²) in [6.45, 7) is 72.8. The number of rotatable bonds is 37.